The first-order valence-electron chi connectivity index (χ1n) is 16.3. The molecule has 248 valence electrons. The lowest BCUT2D eigenvalue weighted by atomic mass is 9.87. The minimum Gasteiger partial charge on any atom is -0.383 e. The lowest BCUT2D eigenvalue weighted by Gasteiger charge is -2.35. The van der Waals surface area contributed by atoms with Crippen LogP contribution in [0, 0.1) is 29.1 Å². The average molecular weight is 626 g/mol. The van der Waals surface area contributed by atoms with Gasteiger partial charge in [0.05, 0.1) is 18.7 Å². The highest BCUT2D eigenvalue weighted by atomic mass is 16.5. The number of urea groups is 1. The maximum atomic E-state index is 14.6. The Kier molecular flexibility index (Phi) is 10.9. The minimum atomic E-state index is -1.08. The summed E-state index contributed by atoms with van der Waals surface area (Å²) in [4.78, 5) is 68.1. The highest BCUT2D eigenvalue weighted by Gasteiger charge is 2.48. The van der Waals surface area contributed by atoms with E-state index in [9.17, 15) is 24.0 Å². The molecule has 0 bridgehead atoms. The van der Waals surface area contributed by atoms with E-state index in [1.807, 2.05) is 58.9 Å². The molecule has 1 aliphatic heterocycles. The van der Waals surface area contributed by atoms with Gasteiger partial charge in [-0.25, -0.2) is 4.79 Å². The number of hydrogen-bond donors (Lipinski definition) is 4. The van der Waals surface area contributed by atoms with Crippen molar-refractivity contribution in [2.45, 2.75) is 97.3 Å². The van der Waals surface area contributed by atoms with Crippen molar-refractivity contribution in [3.63, 3.8) is 0 Å². The molecule has 1 aromatic carbocycles. The fourth-order valence-corrected chi connectivity index (χ4v) is 6.85. The number of likely N-dealkylation sites (tertiary alicyclic amines) is 1. The zero-order valence-corrected chi connectivity index (χ0v) is 27.6. The molecule has 2 fully saturated rings. The van der Waals surface area contributed by atoms with Gasteiger partial charge in [-0.05, 0) is 65.9 Å². The highest BCUT2D eigenvalue weighted by Crippen LogP contribution is 2.36. The Hall–Kier alpha value is -3.47. The van der Waals surface area contributed by atoms with Crippen LogP contribution in [0.4, 0.5) is 4.79 Å². The number of methoxy groups -OCH3 is 1. The molecule has 5 N–H and O–H groups in total. The van der Waals surface area contributed by atoms with Crippen LogP contribution in [0.1, 0.15) is 71.4 Å². The molecule has 0 radical (unpaired) electrons. The molecule has 0 aromatic heterocycles. The van der Waals surface area contributed by atoms with E-state index in [-0.39, 0.29) is 41.0 Å². The van der Waals surface area contributed by atoms with Gasteiger partial charge in [-0.2, -0.15) is 0 Å². The van der Waals surface area contributed by atoms with Crippen LogP contribution in [-0.4, -0.2) is 78.9 Å². The van der Waals surface area contributed by atoms with Crippen LogP contribution in [0.25, 0.3) is 0 Å². The van der Waals surface area contributed by atoms with Gasteiger partial charge in [-0.15, -0.1) is 0 Å². The third-order valence-corrected chi connectivity index (χ3v) is 9.79. The van der Waals surface area contributed by atoms with Crippen LogP contribution >= 0.6 is 0 Å². The largest absolute Gasteiger partial charge is 0.383 e. The van der Waals surface area contributed by atoms with Crippen LogP contribution in [0.15, 0.2) is 24.3 Å². The first-order valence-corrected chi connectivity index (χ1v) is 16.3. The maximum absolute atomic E-state index is 14.6. The molecule has 1 saturated carbocycles. The smallest absolute Gasteiger partial charge is 0.315 e. The predicted molar refractivity (Wildman–Crippen MR) is 170 cm³/mol. The first-order chi connectivity index (χ1) is 21.2. The number of primary amides is 1. The summed E-state index contributed by atoms with van der Waals surface area (Å²) in [6, 6.07) is 4.48. The molecule has 1 heterocycles. The molecule has 4 unspecified atom stereocenters. The second-order valence-corrected chi connectivity index (χ2v) is 14.5. The number of fused-ring (bicyclic) bond motifs is 1. The lowest BCUT2D eigenvalue weighted by molar-refractivity contribution is -0.143. The number of ether oxygens (including phenoxy) is 1. The molecule has 0 spiro atoms. The van der Waals surface area contributed by atoms with Gasteiger partial charge in [0.2, 0.25) is 17.6 Å². The van der Waals surface area contributed by atoms with Gasteiger partial charge in [0.25, 0.3) is 5.91 Å². The molecule has 11 nitrogen and oxygen atoms in total. The molecule has 1 saturated heterocycles. The SMILES string of the molecule is COC[C@@H](NC(=O)NC(C(=O)N1CCC(C(C)C)C1C(=O)NC(CC1CC1)C(=O)C(N)=O)C1Cc2ccccc2C1)C(C)(C)C. The zero-order valence-electron chi connectivity index (χ0n) is 27.6. The summed E-state index contributed by atoms with van der Waals surface area (Å²) < 4.78 is 5.36. The third kappa shape index (κ3) is 8.42. The van der Waals surface area contributed by atoms with Crippen molar-refractivity contribution in [2.75, 3.05) is 20.3 Å². The van der Waals surface area contributed by atoms with Gasteiger partial charge < -0.3 is 31.3 Å². The number of carbonyl (C=O) groups is 5. The van der Waals surface area contributed by atoms with Gasteiger partial charge in [0, 0.05) is 13.7 Å². The summed E-state index contributed by atoms with van der Waals surface area (Å²) in [6.07, 6.45) is 4.04. The third-order valence-electron chi connectivity index (χ3n) is 9.79. The van der Waals surface area contributed by atoms with Gasteiger partial charge in [0.1, 0.15) is 12.1 Å². The van der Waals surface area contributed by atoms with Crippen molar-refractivity contribution in [3.05, 3.63) is 35.4 Å². The molecule has 11 heteroatoms. The normalized spacial score (nSPS) is 22.0. The van der Waals surface area contributed by atoms with Crippen molar-refractivity contribution in [1.29, 1.82) is 0 Å². The molecule has 45 heavy (non-hydrogen) atoms. The number of hydrogen-bond acceptors (Lipinski definition) is 6. The van der Waals surface area contributed by atoms with Crippen LogP contribution in [0.2, 0.25) is 0 Å². The molecule has 5 atom stereocenters. The van der Waals surface area contributed by atoms with Crippen molar-refractivity contribution in [3.8, 4) is 0 Å². The topological polar surface area (TPSA) is 160 Å². The fourth-order valence-electron chi connectivity index (χ4n) is 6.85. The maximum Gasteiger partial charge on any atom is 0.315 e. The van der Waals surface area contributed by atoms with E-state index in [1.54, 1.807) is 12.0 Å². The quantitative estimate of drug-likeness (QED) is 0.246. The number of ketones is 1. The summed E-state index contributed by atoms with van der Waals surface area (Å²) in [6.45, 7) is 10.7. The number of amides is 5. The summed E-state index contributed by atoms with van der Waals surface area (Å²) in [5, 5.41) is 8.81. The van der Waals surface area contributed by atoms with Crippen LogP contribution in [0.3, 0.4) is 0 Å². The summed E-state index contributed by atoms with van der Waals surface area (Å²) in [5.41, 5.74) is 7.31. The second-order valence-electron chi connectivity index (χ2n) is 14.5. The van der Waals surface area contributed by atoms with Crippen molar-refractivity contribution in [2.24, 2.45) is 34.8 Å². The second kappa shape index (κ2) is 14.3. The molecule has 2 aliphatic carbocycles. The number of nitrogens with zero attached hydrogens (tertiary/aromatic N) is 1. The molecule has 5 amide bonds. The van der Waals surface area contributed by atoms with E-state index in [1.165, 1.54) is 0 Å². The Morgan fingerprint density at radius 2 is 1.60 bits per heavy atom. The molecule has 4 rings (SSSR count). The number of rotatable bonds is 13. The summed E-state index contributed by atoms with van der Waals surface area (Å²) >= 11 is 0. The minimum absolute atomic E-state index is 0.0688. The molecule has 3 aliphatic rings. The number of carbonyl (C=O) groups excluding carboxylic acids is 5. The summed E-state index contributed by atoms with van der Waals surface area (Å²) in [7, 11) is 1.58. The molecular weight excluding hydrogens is 574 g/mol. The number of nitrogens with one attached hydrogen (secondary N) is 3. The zero-order chi connectivity index (χ0) is 33.1. The van der Waals surface area contributed by atoms with E-state index >= 15 is 0 Å². The van der Waals surface area contributed by atoms with E-state index in [4.69, 9.17) is 10.5 Å². The number of benzene rings is 1. The van der Waals surface area contributed by atoms with E-state index in [0.29, 0.717) is 38.8 Å². The standard InChI is InChI=1S/C34H51N5O6/c1-19(2)24-13-14-39(28(24)31(42)36-25(15-20-11-12-20)29(40)30(35)41)32(43)27(23-16-21-9-7-8-10-22(21)17-23)38-33(44)37-26(18-45-6)34(3,4)5/h7-10,19-20,23-28H,11-18H2,1-6H3,(H2,35,41)(H,36,42)(H2,37,38,44)/t24?,25?,26-,27?,28?/m1/s1. The van der Waals surface area contributed by atoms with E-state index < -0.39 is 41.8 Å². The Morgan fingerprint density at radius 1 is 0.978 bits per heavy atom. The summed E-state index contributed by atoms with van der Waals surface area (Å²) in [5.74, 6) is -2.75. The highest BCUT2D eigenvalue weighted by molar-refractivity contribution is 6.37. The van der Waals surface area contributed by atoms with Crippen molar-refractivity contribution in [1.82, 2.24) is 20.9 Å². The Labute approximate surface area is 266 Å². The van der Waals surface area contributed by atoms with Crippen molar-refractivity contribution >= 4 is 29.5 Å². The molecule has 1 aromatic rings. The monoisotopic (exact) mass is 625 g/mol. The van der Waals surface area contributed by atoms with Crippen LogP contribution in [-0.2, 0) is 36.8 Å². The first kappa shape index (κ1) is 34.4. The van der Waals surface area contributed by atoms with Gasteiger partial charge in [0.15, 0.2) is 0 Å². The lowest BCUT2D eigenvalue weighted by Crippen LogP contribution is -2.61. The van der Waals surface area contributed by atoms with Crippen molar-refractivity contribution < 1.29 is 28.7 Å². The van der Waals surface area contributed by atoms with Gasteiger partial charge in [-0.3, -0.25) is 19.2 Å². The Balaban J connectivity index is 1.60. The Morgan fingerprint density at radius 3 is 2.11 bits per heavy atom. The van der Waals surface area contributed by atoms with Gasteiger partial charge in [-0.1, -0.05) is 71.7 Å². The van der Waals surface area contributed by atoms with E-state index in [2.05, 4.69) is 16.0 Å². The number of nitrogens with two attached hydrogens (primary N) is 1. The van der Waals surface area contributed by atoms with Crippen LogP contribution < -0.4 is 21.7 Å². The van der Waals surface area contributed by atoms with E-state index in [0.717, 1.165) is 24.0 Å². The average Bonchev–Trinajstić information content (AvgIpc) is 3.49. The number of Topliss-reactive ketones (excluding diaryl/α,β-unsaturated/α-hetero) is 1. The fraction of sp³-hybridized carbons (Fsp3) is 0.676. The van der Waals surface area contributed by atoms with Gasteiger partial charge >= 0.3 is 6.03 Å². The predicted octanol–water partition coefficient (Wildman–Crippen LogP) is 2.34. The molecular formula is C34H51N5O6. The van der Waals surface area contributed by atoms with Crippen LogP contribution in [0.5, 0.6) is 0 Å². The Bertz CT molecular complexity index is 1250.